The summed E-state index contributed by atoms with van der Waals surface area (Å²) in [6, 6.07) is 0. The molecule has 0 radical (unpaired) electrons. The second-order valence-electron chi connectivity index (χ2n) is 11.5. The molecule has 180 valence electrons. The zero-order valence-electron chi connectivity index (χ0n) is 22.1. The van der Waals surface area contributed by atoms with Gasteiger partial charge in [0.2, 0.25) is 11.8 Å². The summed E-state index contributed by atoms with van der Waals surface area (Å²) in [5.74, 6) is 3.19. The summed E-state index contributed by atoms with van der Waals surface area (Å²) in [7, 11) is 1.85. The summed E-state index contributed by atoms with van der Waals surface area (Å²) in [6.07, 6.45) is 3.29. The van der Waals surface area contributed by atoms with Crippen LogP contribution in [0.5, 0.6) is 0 Å². The Morgan fingerprint density at radius 1 is 0.812 bits per heavy atom. The lowest BCUT2D eigenvalue weighted by atomic mass is 9.68. The van der Waals surface area contributed by atoms with Crippen LogP contribution in [-0.2, 0) is 23.3 Å². The normalized spacial score (nSPS) is 12.5. The second-order valence-corrected chi connectivity index (χ2v) is 11.5. The second kappa shape index (κ2) is 9.92. The number of tetrazole rings is 1. The molecule has 3 aromatic rings. The maximum atomic E-state index is 5.31. The Labute approximate surface area is 192 Å². The van der Waals surface area contributed by atoms with Crippen molar-refractivity contribution in [1.29, 1.82) is 0 Å². The summed E-state index contributed by atoms with van der Waals surface area (Å²) in [5, 5.41) is 18.8. The van der Waals surface area contributed by atoms with E-state index in [-0.39, 0.29) is 21.7 Å². The van der Waals surface area contributed by atoms with E-state index in [9.17, 15) is 0 Å². The van der Waals surface area contributed by atoms with Crippen molar-refractivity contribution in [3.8, 4) is 0 Å². The highest BCUT2D eigenvalue weighted by Gasteiger charge is 2.37. The summed E-state index contributed by atoms with van der Waals surface area (Å²) in [4.78, 5) is 3.94. The van der Waals surface area contributed by atoms with Crippen molar-refractivity contribution in [1.82, 2.24) is 35.4 Å². The number of hydrogen-bond acceptors (Lipinski definition) is 8. The Kier molecular flexibility index (Phi) is 8.51. The molecule has 3 aromatic heterocycles. The van der Waals surface area contributed by atoms with Crippen molar-refractivity contribution in [3.63, 3.8) is 0 Å². The number of hydrogen-bond donors (Lipinski definition) is 0. The molecule has 9 heteroatoms. The molecular weight excluding hydrogens is 406 g/mol. The van der Waals surface area contributed by atoms with Gasteiger partial charge in [0.25, 0.3) is 0 Å². The first-order chi connectivity index (χ1) is 14.4. The highest BCUT2D eigenvalue weighted by atomic mass is 16.4. The highest BCUT2D eigenvalue weighted by molar-refractivity contribution is 5.10. The zero-order valence-corrected chi connectivity index (χ0v) is 22.1. The van der Waals surface area contributed by atoms with Gasteiger partial charge in [0.1, 0.15) is 5.76 Å². The number of oxazole rings is 1. The van der Waals surface area contributed by atoms with Crippen LogP contribution in [-0.4, -0.2) is 35.4 Å². The minimum atomic E-state index is -0.0265. The number of aromatic nitrogens is 7. The molecule has 0 N–H and O–H groups in total. The van der Waals surface area contributed by atoms with Crippen LogP contribution < -0.4 is 0 Å². The molecule has 0 spiro atoms. The van der Waals surface area contributed by atoms with E-state index in [1.54, 1.807) is 17.8 Å². The van der Waals surface area contributed by atoms with Crippen LogP contribution in [0.3, 0.4) is 0 Å². The van der Waals surface area contributed by atoms with Gasteiger partial charge >= 0.3 is 0 Å². The first-order valence-corrected chi connectivity index (χ1v) is 10.8. The summed E-state index contributed by atoms with van der Waals surface area (Å²) < 4.78 is 12.2. The molecule has 0 aliphatic carbocycles. The van der Waals surface area contributed by atoms with Crippen LogP contribution in [0.1, 0.15) is 99.5 Å². The molecule has 0 aliphatic heterocycles. The Bertz CT molecular complexity index is 934. The molecule has 0 fully saturated rings. The number of aryl methyl sites for hydroxylation is 2. The van der Waals surface area contributed by atoms with Crippen molar-refractivity contribution >= 4 is 0 Å². The van der Waals surface area contributed by atoms with Gasteiger partial charge in [-0.15, -0.1) is 15.3 Å². The fourth-order valence-electron chi connectivity index (χ4n) is 2.36. The van der Waals surface area contributed by atoms with Crippen LogP contribution in [0.2, 0.25) is 0 Å². The number of nitrogens with zero attached hydrogens (tertiary/aromatic N) is 7. The molecule has 9 nitrogen and oxygen atoms in total. The van der Waals surface area contributed by atoms with Crippen molar-refractivity contribution in [2.75, 3.05) is 0 Å². The van der Waals surface area contributed by atoms with Crippen molar-refractivity contribution in [2.45, 2.75) is 99.3 Å². The van der Waals surface area contributed by atoms with E-state index in [1.807, 2.05) is 27.8 Å². The molecule has 32 heavy (non-hydrogen) atoms. The van der Waals surface area contributed by atoms with Gasteiger partial charge in [0, 0.05) is 30.2 Å². The number of rotatable bonds is 1. The van der Waals surface area contributed by atoms with E-state index >= 15 is 0 Å². The Morgan fingerprint density at radius 2 is 1.41 bits per heavy atom. The maximum absolute atomic E-state index is 5.31. The van der Waals surface area contributed by atoms with Crippen molar-refractivity contribution in [3.05, 3.63) is 36.0 Å². The van der Waals surface area contributed by atoms with E-state index in [4.69, 9.17) is 8.83 Å². The van der Waals surface area contributed by atoms with E-state index < -0.39 is 0 Å². The quantitative estimate of drug-likeness (QED) is 0.502. The first-order valence-electron chi connectivity index (χ1n) is 10.8. The maximum Gasteiger partial charge on any atom is 0.221 e. The Balaban J connectivity index is 0.000000241. The molecule has 0 aliphatic rings. The van der Waals surface area contributed by atoms with Gasteiger partial charge < -0.3 is 8.83 Å². The molecule has 3 heterocycles. The van der Waals surface area contributed by atoms with Crippen LogP contribution in [0, 0.1) is 12.3 Å². The molecule has 0 bridgehead atoms. The standard InChI is InChI=1S/C10H17NO.C7H12N2O.C6H12N4/c1-9(2,3)10(4,5)8-6-11-7-12-8;1-5-8-9-6(10-5)7(2,3)4;1-6(2,3)5-7-8-9-10(5)4/h6-7H,1-5H3;2*1-4H3. The SMILES string of the molecule is CC(C)(C)C(C)(C)c1cnco1.Cc1nnc(C(C)(C)C)o1.Cn1nnnc1C(C)(C)C. The van der Waals surface area contributed by atoms with Gasteiger partial charge in [-0.3, -0.25) is 0 Å². The minimum Gasteiger partial charge on any atom is -0.448 e. The fraction of sp³-hybridized carbons (Fsp3) is 0.739. The van der Waals surface area contributed by atoms with Gasteiger partial charge in [-0.2, -0.15) is 0 Å². The predicted molar refractivity (Wildman–Crippen MR) is 124 cm³/mol. The van der Waals surface area contributed by atoms with Gasteiger partial charge in [-0.25, -0.2) is 9.67 Å². The van der Waals surface area contributed by atoms with Gasteiger partial charge in [-0.05, 0) is 15.8 Å². The predicted octanol–water partition coefficient (Wildman–Crippen LogP) is 5.18. The molecule has 0 saturated carbocycles. The largest absolute Gasteiger partial charge is 0.448 e. The third-order valence-corrected chi connectivity index (χ3v) is 5.38. The van der Waals surface area contributed by atoms with Crippen LogP contribution in [0.15, 0.2) is 21.4 Å². The monoisotopic (exact) mass is 447 g/mol. The minimum absolute atomic E-state index is 0.0265. The summed E-state index contributed by atoms with van der Waals surface area (Å²) >= 11 is 0. The third-order valence-electron chi connectivity index (χ3n) is 5.38. The van der Waals surface area contributed by atoms with Crippen molar-refractivity contribution in [2.24, 2.45) is 12.5 Å². The summed E-state index contributed by atoms with van der Waals surface area (Å²) in [6.45, 7) is 25.1. The topological polar surface area (TPSA) is 109 Å². The lowest BCUT2D eigenvalue weighted by molar-refractivity contribution is 0.190. The molecule has 0 atom stereocenters. The lowest BCUT2D eigenvalue weighted by Gasteiger charge is -2.36. The van der Waals surface area contributed by atoms with Crippen LogP contribution in [0.25, 0.3) is 0 Å². The molecule has 0 unspecified atom stereocenters. The smallest absolute Gasteiger partial charge is 0.221 e. The average Bonchev–Trinajstić information content (AvgIpc) is 3.34. The molecule has 0 saturated heterocycles. The van der Waals surface area contributed by atoms with E-state index in [1.165, 1.54) is 6.39 Å². The molecular formula is C23H41N7O2. The van der Waals surface area contributed by atoms with E-state index in [0.29, 0.717) is 11.8 Å². The van der Waals surface area contributed by atoms with Gasteiger partial charge in [-0.1, -0.05) is 76.2 Å². The lowest BCUT2D eigenvalue weighted by Crippen LogP contribution is -2.33. The first kappa shape index (κ1) is 27.5. The molecule has 0 aromatic carbocycles. The molecule has 0 amide bonds. The molecule has 3 rings (SSSR count). The van der Waals surface area contributed by atoms with Crippen molar-refractivity contribution < 1.29 is 8.83 Å². The fourth-order valence-corrected chi connectivity index (χ4v) is 2.36. The van der Waals surface area contributed by atoms with Gasteiger partial charge in [0.15, 0.2) is 12.2 Å². The van der Waals surface area contributed by atoms with Crippen LogP contribution >= 0.6 is 0 Å². The van der Waals surface area contributed by atoms with E-state index in [2.05, 4.69) is 86.1 Å². The average molecular weight is 448 g/mol. The Hall–Kier alpha value is -2.58. The van der Waals surface area contributed by atoms with Gasteiger partial charge in [0.05, 0.1) is 6.20 Å². The van der Waals surface area contributed by atoms with E-state index in [0.717, 1.165) is 11.6 Å². The summed E-state index contributed by atoms with van der Waals surface area (Å²) in [5.41, 5.74) is 0.232. The third kappa shape index (κ3) is 7.53. The Morgan fingerprint density at radius 3 is 1.66 bits per heavy atom. The van der Waals surface area contributed by atoms with Crippen LogP contribution in [0.4, 0.5) is 0 Å². The highest BCUT2D eigenvalue weighted by Crippen LogP contribution is 2.40. The zero-order chi connectivity index (χ0) is 25.0.